The van der Waals surface area contributed by atoms with Gasteiger partial charge in [0, 0.05) is 19.3 Å². The highest BCUT2D eigenvalue weighted by molar-refractivity contribution is 5.98. The number of carbonyl (C=O) groups is 1. The van der Waals surface area contributed by atoms with Crippen molar-refractivity contribution in [2.45, 2.75) is 12.8 Å². The maximum absolute atomic E-state index is 12.2. The Bertz CT molecular complexity index is 1060. The van der Waals surface area contributed by atoms with Crippen molar-refractivity contribution in [2.24, 2.45) is 5.92 Å². The summed E-state index contributed by atoms with van der Waals surface area (Å²) in [5.74, 6) is 0.537. The normalized spacial score (nSPS) is 15.0. The lowest BCUT2D eigenvalue weighted by Crippen LogP contribution is -2.33. The molecule has 1 amide bonds. The number of nitriles is 1. The summed E-state index contributed by atoms with van der Waals surface area (Å²) in [5, 5.41) is 20.1. The molecule has 1 aliphatic heterocycles. The number of nitrogens with one attached hydrogen (secondary N) is 1. The second-order valence-electron chi connectivity index (χ2n) is 6.75. The third kappa shape index (κ3) is 3.71. The minimum atomic E-state index is -0.213. The number of amides is 1. The first-order valence-electron chi connectivity index (χ1n) is 9.27. The largest absolute Gasteiger partial charge is 0.370 e. The lowest BCUT2D eigenvalue weighted by Gasteiger charge is -2.33. The van der Waals surface area contributed by atoms with Crippen molar-refractivity contribution in [2.75, 3.05) is 23.3 Å². The summed E-state index contributed by atoms with van der Waals surface area (Å²) in [5.41, 5.74) is 2.38. The topological polar surface area (TPSA) is 86.3 Å². The van der Waals surface area contributed by atoms with E-state index in [4.69, 9.17) is 0 Å². The van der Waals surface area contributed by atoms with E-state index in [1.807, 2.05) is 54.7 Å². The van der Waals surface area contributed by atoms with E-state index in [1.165, 1.54) is 0 Å². The van der Waals surface area contributed by atoms with Crippen LogP contribution in [-0.2, 0) is 4.79 Å². The first-order chi connectivity index (χ1) is 13.7. The summed E-state index contributed by atoms with van der Waals surface area (Å²) < 4.78 is 1.73. The molecule has 7 nitrogen and oxygen atoms in total. The zero-order valence-electron chi connectivity index (χ0n) is 15.3. The molecule has 4 rings (SSSR count). The fraction of sp³-hybridized carbons (Fsp3) is 0.238. The van der Waals surface area contributed by atoms with Crippen molar-refractivity contribution >= 4 is 23.2 Å². The van der Waals surface area contributed by atoms with Crippen molar-refractivity contribution in [3.63, 3.8) is 0 Å². The minimum Gasteiger partial charge on any atom is -0.370 e. The summed E-state index contributed by atoms with van der Waals surface area (Å²) >= 11 is 0. The molecular weight excluding hydrogens is 352 g/mol. The van der Waals surface area contributed by atoms with Crippen molar-refractivity contribution < 1.29 is 4.79 Å². The van der Waals surface area contributed by atoms with Crippen LogP contribution < -0.4 is 10.2 Å². The predicted molar refractivity (Wildman–Crippen MR) is 107 cm³/mol. The average Bonchev–Trinajstić information content (AvgIpc) is 3.15. The SMILES string of the molecule is N#Cc1ccccc1N1CCC(C=CC(=O)Nc2nnc3ccccn23)CC1. The van der Waals surface area contributed by atoms with Gasteiger partial charge in [-0.25, -0.2) is 0 Å². The highest BCUT2D eigenvalue weighted by Gasteiger charge is 2.19. The van der Waals surface area contributed by atoms with Crippen molar-refractivity contribution in [3.05, 3.63) is 66.4 Å². The molecule has 0 unspecified atom stereocenters. The van der Waals surface area contributed by atoms with E-state index in [2.05, 4.69) is 26.5 Å². The van der Waals surface area contributed by atoms with Gasteiger partial charge in [-0.05, 0) is 49.1 Å². The van der Waals surface area contributed by atoms with E-state index in [1.54, 1.807) is 10.5 Å². The fourth-order valence-electron chi connectivity index (χ4n) is 3.48. The van der Waals surface area contributed by atoms with E-state index in [0.29, 0.717) is 23.1 Å². The number of piperidine rings is 1. The molecule has 2 aromatic heterocycles. The molecule has 1 N–H and O–H groups in total. The van der Waals surface area contributed by atoms with Crippen molar-refractivity contribution in [1.29, 1.82) is 5.26 Å². The summed E-state index contributed by atoms with van der Waals surface area (Å²) in [7, 11) is 0. The first-order valence-corrected chi connectivity index (χ1v) is 9.27. The van der Waals surface area contributed by atoms with E-state index >= 15 is 0 Å². The van der Waals surface area contributed by atoms with E-state index in [9.17, 15) is 10.1 Å². The number of allylic oxidation sites excluding steroid dienone is 1. The minimum absolute atomic E-state index is 0.213. The van der Waals surface area contributed by atoms with Crippen LogP contribution in [0, 0.1) is 17.2 Å². The molecule has 0 aliphatic carbocycles. The molecule has 0 atom stereocenters. The average molecular weight is 372 g/mol. The number of carbonyl (C=O) groups excluding carboxylic acids is 1. The van der Waals surface area contributed by atoms with E-state index < -0.39 is 0 Å². The van der Waals surface area contributed by atoms with Crippen LogP contribution in [0.5, 0.6) is 0 Å². The summed E-state index contributed by atoms with van der Waals surface area (Å²) in [6.45, 7) is 1.73. The van der Waals surface area contributed by atoms with Crippen LogP contribution in [0.2, 0.25) is 0 Å². The Morgan fingerprint density at radius 1 is 1.14 bits per heavy atom. The second-order valence-corrected chi connectivity index (χ2v) is 6.75. The quantitative estimate of drug-likeness (QED) is 0.712. The fourth-order valence-corrected chi connectivity index (χ4v) is 3.48. The molecule has 1 fully saturated rings. The molecule has 3 heterocycles. The molecule has 3 aromatic rings. The van der Waals surface area contributed by atoms with Gasteiger partial charge in [0.15, 0.2) is 5.65 Å². The molecule has 7 heteroatoms. The molecular formula is C21H20N6O. The van der Waals surface area contributed by atoms with Crippen LogP contribution in [0.15, 0.2) is 60.8 Å². The number of fused-ring (bicyclic) bond motifs is 1. The maximum atomic E-state index is 12.2. The highest BCUT2D eigenvalue weighted by atomic mass is 16.1. The van der Waals surface area contributed by atoms with Gasteiger partial charge in [0.05, 0.1) is 11.3 Å². The zero-order chi connectivity index (χ0) is 19.3. The monoisotopic (exact) mass is 372 g/mol. The molecule has 0 spiro atoms. The van der Waals surface area contributed by atoms with Gasteiger partial charge >= 0.3 is 0 Å². The Kier molecular flexibility index (Phi) is 5.02. The highest BCUT2D eigenvalue weighted by Crippen LogP contribution is 2.26. The third-order valence-electron chi connectivity index (χ3n) is 4.97. The Balaban J connectivity index is 1.34. The Hall–Kier alpha value is -3.66. The van der Waals surface area contributed by atoms with E-state index in [-0.39, 0.29) is 5.91 Å². The van der Waals surface area contributed by atoms with Gasteiger partial charge in [-0.2, -0.15) is 5.26 Å². The van der Waals surface area contributed by atoms with E-state index in [0.717, 1.165) is 31.6 Å². The number of hydrogen-bond acceptors (Lipinski definition) is 5. The van der Waals surface area contributed by atoms with Gasteiger partial charge < -0.3 is 4.90 Å². The molecule has 0 saturated carbocycles. The Labute approximate surface area is 162 Å². The van der Waals surface area contributed by atoms with Crippen LogP contribution in [0.4, 0.5) is 11.6 Å². The smallest absolute Gasteiger partial charge is 0.250 e. The second kappa shape index (κ2) is 7.92. The first kappa shape index (κ1) is 17.7. The van der Waals surface area contributed by atoms with Crippen LogP contribution in [-0.4, -0.2) is 33.6 Å². The van der Waals surface area contributed by atoms with Gasteiger partial charge in [-0.1, -0.05) is 24.3 Å². The molecule has 1 aliphatic rings. The van der Waals surface area contributed by atoms with Gasteiger partial charge in [0.1, 0.15) is 6.07 Å². The van der Waals surface area contributed by atoms with Crippen molar-refractivity contribution in [1.82, 2.24) is 14.6 Å². The summed E-state index contributed by atoms with van der Waals surface area (Å²) in [6.07, 6.45) is 7.23. The van der Waals surface area contributed by atoms with Crippen LogP contribution in [0.25, 0.3) is 5.65 Å². The Morgan fingerprint density at radius 2 is 1.93 bits per heavy atom. The molecule has 0 radical (unpaired) electrons. The van der Waals surface area contributed by atoms with Gasteiger partial charge in [-0.15, -0.1) is 10.2 Å². The predicted octanol–water partition coefficient (Wildman–Crippen LogP) is 3.01. The summed E-state index contributed by atoms with van der Waals surface area (Å²) in [4.78, 5) is 14.5. The molecule has 28 heavy (non-hydrogen) atoms. The number of para-hydroxylation sites is 1. The number of pyridine rings is 1. The molecule has 1 aromatic carbocycles. The van der Waals surface area contributed by atoms with Gasteiger partial charge in [0.2, 0.25) is 11.9 Å². The van der Waals surface area contributed by atoms with Crippen LogP contribution in [0.3, 0.4) is 0 Å². The molecule has 0 bridgehead atoms. The lowest BCUT2D eigenvalue weighted by atomic mass is 9.95. The number of aromatic nitrogens is 3. The van der Waals surface area contributed by atoms with Crippen LogP contribution in [0.1, 0.15) is 18.4 Å². The number of hydrogen-bond donors (Lipinski definition) is 1. The summed E-state index contributed by atoms with van der Waals surface area (Å²) in [6, 6.07) is 15.5. The van der Waals surface area contributed by atoms with Gasteiger partial charge in [-0.3, -0.25) is 14.5 Å². The third-order valence-corrected chi connectivity index (χ3v) is 4.97. The zero-order valence-corrected chi connectivity index (χ0v) is 15.3. The molecule has 1 saturated heterocycles. The number of anilines is 2. The van der Waals surface area contributed by atoms with Crippen molar-refractivity contribution in [3.8, 4) is 6.07 Å². The molecule has 140 valence electrons. The van der Waals surface area contributed by atoms with Gasteiger partial charge in [0.25, 0.3) is 0 Å². The number of benzene rings is 1. The number of rotatable bonds is 4. The lowest BCUT2D eigenvalue weighted by molar-refractivity contribution is -0.112. The maximum Gasteiger partial charge on any atom is 0.250 e. The standard InChI is InChI=1S/C21H20N6O/c22-15-17-5-1-2-6-18(17)26-13-10-16(11-14-26)8-9-20(28)23-21-25-24-19-7-3-4-12-27(19)21/h1-9,12,16H,10-11,13-14H2,(H,23,25,28). The Morgan fingerprint density at radius 3 is 2.75 bits per heavy atom. The van der Waals surface area contributed by atoms with Crippen LogP contribution >= 0.6 is 0 Å². The number of nitrogens with zero attached hydrogens (tertiary/aromatic N) is 5.